The van der Waals surface area contributed by atoms with E-state index in [9.17, 15) is 4.39 Å². The van der Waals surface area contributed by atoms with Gasteiger partial charge in [-0.3, -0.25) is 0 Å². The van der Waals surface area contributed by atoms with Crippen LogP contribution in [0.3, 0.4) is 0 Å². The molecule has 0 radical (unpaired) electrons. The van der Waals surface area contributed by atoms with Gasteiger partial charge in [-0.1, -0.05) is 13.0 Å². The minimum atomic E-state index is -0.227. The van der Waals surface area contributed by atoms with Gasteiger partial charge in [0.2, 0.25) is 0 Å². The van der Waals surface area contributed by atoms with E-state index in [1.807, 2.05) is 32.9 Å². The van der Waals surface area contributed by atoms with E-state index in [1.54, 1.807) is 0 Å². The molecule has 4 heteroatoms. The molecule has 0 saturated carbocycles. The van der Waals surface area contributed by atoms with Crippen LogP contribution >= 0.6 is 15.9 Å². The number of hydrogen-bond donors (Lipinski definition) is 1. The van der Waals surface area contributed by atoms with E-state index in [2.05, 4.69) is 28.2 Å². The maximum Gasteiger partial charge on any atom is 0.137 e. The van der Waals surface area contributed by atoms with Crippen LogP contribution in [0, 0.1) is 5.82 Å². The molecule has 0 heterocycles. The van der Waals surface area contributed by atoms with Gasteiger partial charge in [-0.05, 0) is 67.4 Å². The van der Waals surface area contributed by atoms with Crippen LogP contribution in [0.2, 0.25) is 0 Å². The van der Waals surface area contributed by atoms with Gasteiger partial charge >= 0.3 is 0 Å². The van der Waals surface area contributed by atoms with Crippen LogP contribution in [0.25, 0.3) is 0 Å². The number of likely N-dealkylation sites (N-methyl/N-ethyl adjacent to an activating group) is 1. The Bertz CT molecular complexity index is 404. The normalized spacial score (nSPS) is 13.6. The topological polar surface area (TPSA) is 21.3 Å². The van der Waals surface area contributed by atoms with Crippen molar-refractivity contribution in [3.05, 3.63) is 34.1 Å². The predicted molar refractivity (Wildman–Crippen MR) is 81.0 cm³/mol. The molecule has 1 unspecified atom stereocenters. The molecular formula is C15H23BrFNO. The maximum absolute atomic E-state index is 13.2. The molecule has 1 aromatic rings. The Labute approximate surface area is 123 Å². The zero-order valence-corrected chi connectivity index (χ0v) is 13.7. The van der Waals surface area contributed by atoms with Gasteiger partial charge in [0.1, 0.15) is 5.82 Å². The van der Waals surface area contributed by atoms with E-state index >= 15 is 0 Å². The first-order valence-electron chi connectivity index (χ1n) is 6.63. The summed E-state index contributed by atoms with van der Waals surface area (Å²) in [6.45, 7) is 9.75. The summed E-state index contributed by atoms with van der Waals surface area (Å²) in [6.07, 6.45) is 0.822. The number of ether oxygens (including phenoxy) is 1. The average Bonchev–Trinajstić information content (AvgIpc) is 2.30. The summed E-state index contributed by atoms with van der Waals surface area (Å²) >= 11 is 3.22. The molecule has 0 fully saturated rings. The molecule has 108 valence electrons. The van der Waals surface area contributed by atoms with Gasteiger partial charge in [-0.2, -0.15) is 0 Å². The Kier molecular flexibility index (Phi) is 6.43. The van der Waals surface area contributed by atoms with Crippen LogP contribution in [-0.4, -0.2) is 24.8 Å². The van der Waals surface area contributed by atoms with Crippen LogP contribution in [0.4, 0.5) is 4.39 Å². The standard InChI is InChI=1S/C15H23BrFNO/c1-5-18-12(10-19-15(2,3)4)8-11-6-7-14(17)13(16)9-11/h6-7,9,12,18H,5,8,10H2,1-4H3. The lowest BCUT2D eigenvalue weighted by atomic mass is 10.1. The van der Waals surface area contributed by atoms with Gasteiger partial charge in [0.05, 0.1) is 16.7 Å². The van der Waals surface area contributed by atoms with Crippen LogP contribution in [0.5, 0.6) is 0 Å². The van der Waals surface area contributed by atoms with E-state index in [0.717, 1.165) is 18.5 Å². The summed E-state index contributed by atoms with van der Waals surface area (Å²) in [5.74, 6) is -0.227. The maximum atomic E-state index is 13.2. The second-order valence-corrected chi connectivity index (χ2v) is 6.48. The van der Waals surface area contributed by atoms with Crippen molar-refractivity contribution in [2.75, 3.05) is 13.2 Å². The Morgan fingerprint density at radius 3 is 2.58 bits per heavy atom. The quantitative estimate of drug-likeness (QED) is 0.852. The molecule has 0 bridgehead atoms. The molecule has 0 saturated heterocycles. The minimum absolute atomic E-state index is 0.142. The lowest BCUT2D eigenvalue weighted by molar-refractivity contribution is -0.0141. The van der Waals surface area contributed by atoms with Crippen molar-refractivity contribution in [1.29, 1.82) is 0 Å². The fourth-order valence-corrected chi connectivity index (χ4v) is 2.21. The van der Waals surface area contributed by atoms with E-state index < -0.39 is 0 Å². The number of benzene rings is 1. The van der Waals surface area contributed by atoms with E-state index in [0.29, 0.717) is 11.1 Å². The summed E-state index contributed by atoms with van der Waals surface area (Å²) in [5.41, 5.74) is 0.952. The van der Waals surface area contributed by atoms with Crippen molar-refractivity contribution >= 4 is 15.9 Å². The molecule has 0 spiro atoms. The van der Waals surface area contributed by atoms with Gasteiger partial charge in [0.15, 0.2) is 0 Å². The number of nitrogens with one attached hydrogen (secondary N) is 1. The third-order valence-electron chi connectivity index (χ3n) is 2.68. The summed E-state index contributed by atoms with van der Waals surface area (Å²) in [6, 6.07) is 5.38. The Morgan fingerprint density at radius 2 is 2.05 bits per heavy atom. The lowest BCUT2D eigenvalue weighted by Gasteiger charge is -2.25. The number of hydrogen-bond acceptors (Lipinski definition) is 2. The van der Waals surface area contributed by atoms with Gasteiger partial charge in [0.25, 0.3) is 0 Å². The monoisotopic (exact) mass is 331 g/mol. The van der Waals surface area contributed by atoms with E-state index in [4.69, 9.17) is 4.74 Å². The van der Waals surface area contributed by atoms with Gasteiger partial charge in [-0.15, -0.1) is 0 Å². The Morgan fingerprint density at radius 1 is 1.37 bits per heavy atom. The molecule has 0 amide bonds. The molecule has 1 rings (SSSR count). The van der Waals surface area contributed by atoms with Crippen molar-refractivity contribution < 1.29 is 9.13 Å². The smallest absolute Gasteiger partial charge is 0.137 e. The first kappa shape index (κ1) is 16.6. The largest absolute Gasteiger partial charge is 0.374 e. The van der Waals surface area contributed by atoms with Gasteiger partial charge in [0, 0.05) is 6.04 Å². The molecular weight excluding hydrogens is 309 g/mol. The summed E-state index contributed by atoms with van der Waals surface area (Å²) < 4.78 is 19.5. The van der Waals surface area contributed by atoms with Crippen molar-refractivity contribution in [3.63, 3.8) is 0 Å². The molecule has 2 nitrogen and oxygen atoms in total. The Hall–Kier alpha value is -0.450. The molecule has 19 heavy (non-hydrogen) atoms. The third-order valence-corrected chi connectivity index (χ3v) is 3.28. The number of halogens is 2. The van der Waals surface area contributed by atoms with Crippen LogP contribution in [0.15, 0.2) is 22.7 Å². The predicted octanol–water partition coefficient (Wildman–Crippen LogP) is 3.92. The zero-order valence-electron chi connectivity index (χ0n) is 12.1. The summed E-state index contributed by atoms with van der Waals surface area (Å²) in [5, 5.41) is 3.40. The fourth-order valence-electron chi connectivity index (χ4n) is 1.78. The van der Waals surface area contributed by atoms with Crippen LogP contribution in [0.1, 0.15) is 33.3 Å². The highest BCUT2D eigenvalue weighted by Crippen LogP contribution is 2.18. The van der Waals surface area contributed by atoms with Crippen LogP contribution < -0.4 is 5.32 Å². The second-order valence-electron chi connectivity index (χ2n) is 5.63. The summed E-state index contributed by atoms with van der Waals surface area (Å²) in [7, 11) is 0. The van der Waals surface area contributed by atoms with Gasteiger partial charge in [-0.25, -0.2) is 4.39 Å². The highest BCUT2D eigenvalue weighted by atomic mass is 79.9. The van der Waals surface area contributed by atoms with Crippen LogP contribution in [-0.2, 0) is 11.2 Å². The Balaban J connectivity index is 2.64. The second kappa shape index (κ2) is 7.36. The fraction of sp³-hybridized carbons (Fsp3) is 0.600. The highest BCUT2D eigenvalue weighted by molar-refractivity contribution is 9.10. The molecule has 1 N–H and O–H groups in total. The molecule has 0 aliphatic carbocycles. The average molecular weight is 332 g/mol. The molecule has 0 aliphatic rings. The molecule has 1 atom stereocenters. The summed E-state index contributed by atoms with van der Waals surface area (Å²) in [4.78, 5) is 0. The molecule has 0 aromatic heterocycles. The SMILES string of the molecule is CCNC(COC(C)(C)C)Cc1ccc(F)c(Br)c1. The van der Waals surface area contributed by atoms with Crippen molar-refractivity contribution in [2.45, 2.75) is 45.8 Å². The first-order chi connectivity index (χ1) is 8.81. The molecule has 1 aromatic carbocycles. The lowest BCUT2D eigenvalue weighted by Crippen LogP contribution is -2.38. The number of rotatable bonds is 6. The first-order valence-corrected chi connectivity index (χ1v) is 7.42. The third kappa shape index (κ3) is 6.50. The molecule has 0 aliphatic heterocycles. The van der Waals surface area contributed by atoms with E-state index in [-0.39, 0.29) is 17.5 Å². The minimum Gasteiger partial charge on any atom is -0.374 e. The van der Waals surface area contributed by atoms with Crippen molar-refractivity contribution in [3.8, 4) is 0 Å². The van der Waals surface area contributed by atoms with E-state index in [1.165, 1.54) is 6.07 Å². The van der Waals surface area contributed by atoms with Crippen molar-refractivity contribution in [1.82, 2.24) is 5.32 Å². The van der Waals surface area contributed by atoms with Gasteiger partial charge < -0.3 is 10.1 Å². The highest BCUT2D eigenvalue weighted by Gasteiger charge is 2.15. The van der Waals surface area contributed by atoms with Crippen molar-refractivity contribution in [2.24, 2.45) is 0 Å². The zero-order chi connectivity index (χ0) is 14.5.